The van der Waals surface area contributed by atoms with E-state index in [9.17, 15) is 13.2 Å². The van der Waals surface area contributed by atoms with Gasteiger partial charge >= 0.3 is 6.18 Å². The normalized spacial score (nSPS) is 27.0. The molecule has 16 heavy (non-hydrogen) atoms. The van der Waals surface area contributed by atoms with Gasteiger partial charge in [-0.3, -0.25) is 0 Å². The molecule has 0 amide bonds. The van der Waals surface area contributed by atoms with Crippen molar-refractivity contribution in [3.05, 3.63) is 10.6 Å². The molecule has 0 saturated heterocycles. The van der Waals surface area contributed by atoms with Crippen LogP contribution < -0.4 is 0 Å². The maximum absolute atomic E-state index is 12.4. The third-order valence-electron chi connectivity index (χ3n) is 2.96. The first-order valence-electron chi connectivity index (χ1n) is 5.02. The summed E-state index contributed by atoms with van der Waals surface area (Å²) in [6, 6.07) is 0. The maximum atomic E-state index is 12.4. The Balaban J connectivity index is 1.95. The third-order valence-corrected chi connectivity index (χ3v) is 3.28. The topological polar surface area (TPSA) is 38.9 Å². The summed E-state index contributed by atoms with van der Waals surface area (Å²) in [6.45, 7) is 0. The van der Waals surface area contributed by atoms with E-state index >= 15 is 0 Å². The highest BCUT2D eigenvalue weighted by atomic mass is 79.9. The quantitative estimate of drug-likeness (QED) is 0.794. The Hall–Kier alpha value is -0.590. The molecule has 0 spiro atoms. The minimum Gasteiger partial charge on any atom is -0.338 e. The van der Waals surface area contributed by atoms with Crippen molar-refractivity contribution in [3.8, 4) is 0 Å². The van der Waals surface area contributed by atoms with E-state index in [1.807, 2.05) is 0 Å². The maximum Gasteiger partial charge on any atom is 0.391 e. The second kappa shape index (κ2) is 4.35. The van der Waals surface area contributed by atoms with E-state index in [2.05, 4.69) is 26.1 Å². The molecule has 0 aromatic carbocycles. The first-order valence-corrected chi connectivity index (χ1v) is 5.82. The molecule has 1 heterocycles. The van der Waals surface area contributed by atoms with Gasteiger partial charge in [-0.2, -0.15) is 18.2 Å². The number of rotatable bonds is 1. The number of alkyl halides is 3. The monoisotopic (exact) mass is 298 g/mol. The predicted molar refractivity (Wildman–Crippen MR) is 52.8 cm³/mol. The molecule has 0 aliphatic heterocycles. The van der Waals surface area contributed by atoms with Crippen molar-refractivity contribution in [1.82, 2.24) is 10.1 Å². The summed E-state index contributed by atoms with van der Waals surface area (Å²) >= 11 is 3.05. The molecule has 90 valence electrons. The number of nitrogens with zero attached hydrogens (tertiary/aromatic N) is 2. The van der Waals surface area contributed by atoms with Crippen molar-refractivity contribution in [2.75, 3.05) is 0 Å². The Kier molecular flexibility index (Phi) is 3.23. The van der Waals surface area contributed by atoms with Crippen LogP contribution in [0, 0.1) is 5.92 Å². The molecule has 1 saturated carbocycles. The molecule has 0 atom stereocenters. The summed E-state index contributed by atoms with van der Waals surface area (Å²) in [5, 5.41) is 3.57. The lowest BCUT2D eigenvalue weighted by molar-refractivity contribution is -0.182. The van der Waals surface area contributed by atoms with Gasteiger partial charge in [0.15, 0.2) is 0 Å². The summed E-state index contributed by atoms with van der Waals surface area (Å²) in [6.07, 6.45) is -2.86. The summed E-state index contributed by atoms with van der Waals surface area (Å²) in [7, 11) is 0. The van der Waals surface area contributed by atoms with Crippen LogP contribution in [0.5, 0.6) is 0 Å². The summed E-state index contributed by atoms with van der Waals surface area (Å²) in [4.78, 5) is 3.98. The van der Waals surface area contributed by atoms with Gasteiger partial charge in [0, 0.05) is 5.92 Å². The zero-order chi connectivity index (χ0) is 11.8. The highest BCUT2D eigenvalue weighted by molar-refractivity contribution is 9.10. The smallest absolute Gasteiger partial charge is 0.338 e. The lowest BCUT2D eigenvalue weighted by atomic mass is 9.81. The van der Waals surface area contributed by atoms with E-state index in [0.29, 0.717) is 23.5 Å². The van der Waals surface area contributed by atoms with Crippen molar-refractivity contribution in [1.29, 1.82) is 0 Å². The average Bonchev–Trinajstić information content (AvgIpc) is 2.64. The van der Waals surface area contributed by atoms with E-state index in [-0.39, 0.29) is 18.8 Å². The Morgan fingerprint density at radius 3 is 2.25 bits per heavy atom. The van der Waals surface area contributed by atoms with E-state index < -0.39 is 12.1 Å². The number of aromatic nitrogens is 2. The van der Waals surface area contributed by atoms with Crippen LogP contribution in [0.4, 0.5) is 13.2 Å². The molecule has 0 radical (unpaired) electrons. The standard InChI is InChI=1S/C9H10BrF3N2O/c10-8-14-7(16-15-8)5-1-3-6(4-2-5)9(11,12)13/h5-6H,1-4H2. The van der Waals surface area contributed by atoms with E-state index in [4.69, 9.17) is 4.52 Å². The zero-order valence-electron chi connectivity index (χ0n) is 8.30. The van der Waals surface area contributed by atoms with Crippen molar-refractivity contribution >= 4 is 15.9 Å². The minimum atomic E-state index is -4.07. The third kappa shape index (κ3) is 2.56. The fraction of sp³-hybridized carbons (Fsp3) is 0.778. The lowest BCUT2D eigenvalue weighted by Gasteiger charge is -2.27. The lowest BCUT2D eigenvalue weighted by Crippen LogP contribution is -2.27. The molecular formula is C9H10BrF3N2O. The van der Waals surface area contributed by atoms with Crippen LogP contribution >= 0.6 is 15.9 Å². The van der Waals surface area contributed by atoms with Crippen molar-refractivity contribution in [3.63, 3.8) is 0 Å². The number of hydrogen-bond acceptors (Lipinski definition) is 3. The molecule has 0 unspecified atom stereocenters. The Morgan fingerprint density at radius 1 is 1.19 bits per heavy atom. The highest BCUT2D eigenvalue weighted by Crippen LogP contribution is 2.42. The fourth-order valence-electron chi connectivity index (χ4n) is 2.05. The molecule has 0 N–H and O–H groups in total. The van der Waals surface area contributed by atoms with Crippen LogP contribution in [0.2, 0.25) is 0 Å². The summed E-state index contributed by atoms with van der Waals surface area (Å²) in [5.74, 6) is -0.764. The van der Waals surface area contributed by atoms with Crippen LogP contribution in [-0.2, 0) is 0 Å². The SMILES string of the molecule is FC(F)(F)C1CCC(c2nc(Br)no2)CC1. The van der Waals surface area contributed by atoms with Crippen molar-refractivity contribution < 1.29 is 17.7 Å². The molecule has 1 aromatic rings. The van der Waals surface area contributed by atoms with Gasteiger partial charge in [0.25, 0.3) is 0 Å². The van der Waals surface area contributed by atoms with Gasteiger partial charge in [0.2, 0.25) is 10.6 Å². The van der Waals surface area contributed by atoms with Crippen molar-refractivity contribution in [2.24, 2.45) is 5.92 Å². The summed E-state index contributed by atoms with van der Waals surface area (Å²) < 4.78 is 42.5. The van der Waals surface area contributed by atoms with Gasteiger partial charge in [-0.15, -0.1) is 0 Å². The second-order valence-electron chi connectivity index (χ2n) is 3.99. The van der Waals surface area contributed by atoms with Gasteiger partial charge in [0.1, 0.15) is 0 Å². The molecule has 2 rings (SSSR count). The molecule has 1 aromatic heterocycles. The average molecular weight is 299 g/mol. The van der Waals surface area contributed by atoms with Crippen LogP contribution in [0.3, 0.4) is 0 Å². The van der Waals surface area contributed by atoms with E-state index in [1.165, 1.54) is 0 Å². The molecule has 3 nitrogen and oxygen atoms in total. The van der Waals surface area contributed by atoms with Crippen LogP contribution in [0.15, 0.2) is 9.26 Å². The zero-order valence-corrected chi connectivity index (χ0v) is 9.88. The Bertz CT molecular complexity index is 358. The first kappa shape index (κ1) is 11.9. The highest BCUT2D eigenvalue weighted by Gasteiger charge is 2.42. The molecular weight excluding hydrogens is 289 g/mol. The molecule has 1 aliphatic carbocycles. The molecule has 7 heteroatoms. The van der Waals surface area contributed by atoms with E-state index in [0.717, 1.165) is 0 Å². The van der Waals surface area contributed by atoms with Gasteiger partial charge < -0.3 is 4.52 Å². The number of hydrogen-bond donors (Lipinski definition) is 0. The Labute approximate surface area is 98.5 Å². The fourth-order valence-corrected chi connectivity index (χ4v) is 2.30. The van der Waals surface area contributed by atoms with Gasteiger partial charge in [-0.05, 0) is 46.8 Å². The first-order chi connectivity index (χ1) is 7.47. The van der Waals surface area contributed by atoms with Crippen molar-refractivity contribution in [2.45, 2.75) is 37.8 Å². The van der Waals surface area contributed by atoms with E-state index in [1.54, 1.807) is 0 Å². The molecule has 1 fully saturated rings. The van der Waals surface area contributed by atoms with Gasteiger partial charge in [0.05, 0.1) is 5.92 Å². The molecule has 1 aliphatic rings. The second-order valence-corrected chi connectivity index (χ2v) is 4.70. The van der Waals surface area contributed by atoms with Gasteiger partial charge in [-0.1, -0.05) is 0 Å². The van der Waals surface area contributed by atoms with Crippen LogP contribution in [0.1, 0.15) is 37.5 Å². The summed E-state index contributed by atoms with van der Waals surface area (Å²) in [5.41, 5.74) is 0. The largest absolute Gasteiger partial charge is 0.391 e. The van der Waals surface area contributed by atoms with Gasteiger partial charge in [-0.25, -0.2) is 0 Å². The Morgan fingerprint density at radius 2 is 1.81 bits per heavy atom. The van der Waals surface area contributed by atoms with Crippen LogP contribution in [0.25, 0.3) is 0 Å². The predicted octanol–water partition coefficient (Wildman–Crippen LogP) is 3.67. The minimum absolute atomic E-state index is 0.0302. The molecule has 0 bridgehead atoms. The number of halogens is 4. The van der Waals surface area contributed by atoms with Crippen LogP contribution in [-0.4, -0.2) is 16.3 Å².